The van der Waals surface area contributed by atoms with E-state index in [1.165, 1.54) is 6.08 Å². The second kappa shape index (κ2) is 4.40. The summed E-state index contributed by atoms with van der Waals surface area (Å²) in [5, 5.41) is 9.26. The molecule has 0 fully saturated rings. The summed E-state index contributed by atoms with van der Waals surface area (Å²) in [5.41, 5.74) is -1.52. The molecule has 0 heterocycles. The van der Waals surface area contributed by atoms with Gasteiger partial charge in [0, 0.05) is 6.42 Å². The van der Waals surface area contributed by atoms with Gasteiger partial charge in [-0.05, 0) is 6.08 Å². The highest BCUT2D eigenvalue weighted by atomic mass is 16.4. The summed E-state index contributed by atoms with van der Waals surface area (Å²) in [5.74, 6) is -1.65. The van der Waals surface area contributed by atoms with Gasteiger partial charge in [0.25, 0.3) is 5.54 Å². The number of hydrogen-bond acceptors (Lipinski definition) is 2. The van der Waals surface area contributed by atoms with Crippen LogP contribution in [0.1, 0.15) is 6.42 Å². The molecule has 0 bridgehead atoms. The van der Waals surface area contributed by atoms with E-state index in [-0.39, 0.29) is 10.9 Å². The number of nitrogens with zero attached hydrogens (tertiary/aromatic N) is 1. The quantitative estimate of drug-likeness (QED) is 0.307. The molecular formula is C11H18NO3+. The van der Waals surface area contributed by atoms with Gasteiger partial charge in [-0.2, -0.15) is 0 Å². The lowest BCUT2D eigenvalue weighted by Crippen LogP contribution is -2.66. The molecule has 0 aliphatic rings. The molecule has 0 aliphatic carbocycles. The van der Waals surface area contributed by atoms with Gasteiger partial charge in [-0.3, -0.25) is 4.79 Å². The molecule has 1 unspecified atom stereocenters. The van der Waals surface area contributed by atoms with Crippen molar-refractivity contribution < 1.29 is 19.2 Å². The molecular weight excluding hydrogens is 194 g/mol. The molecule has 4 nitrogen and oxygen atoms in total. The average Bonchev–Trinajstić information content (AvgIpc) is 2.10. The second-order valence-electron chi connectivity index (χ2n) is 4.24. The summed E-state index contributed by atoms with van der Waals surface area (Å²) in [6.07, 6.45) is 2.58. The summed E-state index contributed by atoms with van der Waals surface area (Å²) >= 11 is 0. The van der Waals surface area contributed by atoms with Gasteiger partial charge in [-0.1, -0.05) is 12.7 Å². The highest BCUT2D eigenvalue weighted by molar-refractivity contribution is 6.11. The van der Waals surface area contributed by atoms with Crippen LogP contribution in [0.2, 0.25) is 0 Å². The summed E-state index contributed by atoms with van der Waals surface area (Å²) in [4.78, 5) is 23.1. The standard InChI is InChI=1S/C11H17NO3/c1-6-8-11(10(14)15,9(13)7-2)12(3,4)5/h6-7H,1-2,8H2,3-5H3/p+1. The summed E-state index contributed by atoms with van der Waals surface area (Å²) < 4.78 is -0.000787. The average molecular weight is 212 g/mol. The van der Waals surface area contributed by atoms with Gasteiger partial charge in [0.05, 0.1) is 21.1 Å². The van der Waals surface area contributed by atoms with Crippen LogP contribution in [-0.4, -0.2) is 48.0 Å². The number of rotatable bonds is 6. The van der Waals surface area contributed by atoms with Crippen LogP contribution in [0.25, 0.3) is 0 Å². The fraction of sp³-hybridized carbons (Fsp3) is 0.455. The number of carbonyl (C=O) groups is 2. The van der Waals surface area contributed by atoms with Crippen LogP contribution >= 0.6 is 0 Å². The van der Waals surface area contributed by atoms with E-state index < -0.39 is 17.3 Å². The van der Waals surface area contributed by atoms with Crippen molar-refractivity contribution in [3.63, 3.8) is 0 Å². The van der Waals surface area contributed by atoms with Crippen LogP contribution in [0, 0.1) is 0 Å². The third kappa shape index (κ3) is 2.15. The lowest BCUT2D eigenvalue weighted by Gasteiger charge is -2.40. The molecule has 0 amide bonds. The molecule has 0 saturated carbocycles. The Morgan fingerprint density at radius 2 is 1.80 bits per heavy atom. The zero-order chi connectivity index (χ0) is 12.3. The van der Waals surface area contributed by atoms with E-state index in [0.29, 0.717) is 0 Å². The number of carboxylic acid groups (broad SMARTS) is 1. The van der Waals surface area contributed by atoms with Crippen molar-refractivity contribution in [1.29, 1.82) is 0 Å². The number of hydrogen-bond donors (Lipinski definition) is 1. The van der Waals surface area contributed by atoms with Gasteiger partial charge >= 0.3 is 5.97 Å². The van der Waals surface area contributed by atoms with Crippen molar-refractivity contribution in [1.82, 2.24) is 0 Å². The maximum atomic E-state index is 11.7. The van der Waals surface area contributed by atoms with E-state index in [0.717, 1.165) is 6.08 Å². The van der Waals surface area contributed by atoms with Gasteiger partial charge in [0.15, 0.2) is 0 Å². The van der Waals surface area contributed by atoms with E-state index in [2.05, 4.69) is 13.2 Å². The van der Waals surface area contributed by atoms with E-state index >= 15 is 0 Å². The molecule has 1 N–H and O–H groups in total. The minimum atomic E-state index is -1.52. The highest BCUT2D eigenvalue weighted by Crippen LogP contribution is 2.26. The normalized spacial score (nSPS) is 15.1. The number of carboxylic acids is 1. The molecule has 0 aromatic rings. The van der Waals surface area contributed by atoms with E-state index in [1.807, 2.05) is 0 Å². The lowest BCUT2D eigenvalue weighted by molar-refractivity contribution is -0.902. The Balaban J connectivity index is 5.68. The Kier molecular flexibility index (Phi) is 3.98. The fourth-order valence-corrected chi connectivity index (χ4v) is 1.56. The molecule has 0 rings (SSSR count). The monoisotopic (exact) mass is 212 g/mol. The van der Waals surface area contributed by atoms with Crippen LogP contribution in [0.5, 0.6) is 0 Å². The smallest absolute Gasteiger partial charge is 0.374 e. The summed E-state index contributed by atoms with van der Waals surface area (Å²) in [7, 11) is 5.00. The van der Waals surface area contributed by atoms with Crippen molar-refractivity contribution in [2.75, 3.05) is 21.1 Å². The van der Waals surface area contributed by atoms with Crippen LogP contribution in [0.3, 0.4) is 0 Å². The topological polar surface area (TPSA) is 54.4 Å². The van der Waals surface area contributed by atoms with Crippen LogP contribution in [-0.2, 0) is 9.59 Å². The first-order valence-electron chi connectivity index (χ1n) is 4.56. The maximum absolute atomic E-state index is 11.7. The Morgan fingerprint density at radius 1 is 1.33 bits per heavy atom. The predicted octanol–water partition coefficient (Wildman–Crippen LogP) is 0.847. The molecule has 0 aromatic carbocycles. The minimum absolute atomic E-state index is 0.000787. The molecule has 0 aliphatic heterocycles. The Bertz CT molecular complexity index is 301. The third-order valence-electron chi connectivity index (χ3n) is 2.53. The first-order valence-corrected chi connectivity index (χ1v) is 4.56. The molecule has 84 valence electrons. The number of carbonyl (C=O) groups excluding carboxylic acids is 1. The first-order chi connectivity index (χ1) is 6.74. The van der Waals surface area contributed by atoms with Gasteiger partial charge < -0.3 is 9.59 Å². The maximum Gasteiger partial charge on any atom is 0.374 e. The number of likely N-dealkylation sites (N-methyl/N-ethyl adjacent to an activating group) is 1. The molecule has 0 saturated heterocycles. The number of ketones is 1. The van der Waals surface area contributed by atoms with Crippen molar-refractivity contribution in [2.24, 2.45) is 0 Å². The van der Waals surface area contributed by atoms with Gasteiger partial charge in [-0.15, -0.1) is 6.58 Å². The Labute approximate surface area is 90.1 Å². The predicted molar refractivity (Wildman–Crippen MR) is 58.4 cm³/mol. The molecule has 0 radical (unpaired) electrons. The summed E-state index contributed by atoms with van der Waals surface area (Å²) in [6.45, 7) is 6.85. The van der Waals surface area contributed by atoms with Gasteiger partial charge in [0.2, 0.25) is 5.78 Å². The van der Waals surface area contributed by atoms with Crippen LogP contribution in [0.15, 0.2) is 25.3 Å². The van der Waals surface area contributed by atoms with E-state index in [9.17, 15) is 14.7 Å². The zero-order valence-electron chi connectivity index (χ0n) is 9.49. The molecule has 1 atom stereocenters. The summed E-state index contributed by atoms with van der Waals surface area (Å²) in [6, 6.07) is 0. The zero-order valence-corrected chi connectivity index (χ0v) is 9.49. The van der Waals surface area contributed by atoms with Crippen LogP contribution in [0.4, 0.5) is 0 Å². The number of aliphatic carboxylic acids is 1. The molecule has 0 spiro atoms. The Hall–Kier alpha value is -1.42. The Morgan fingerprint density at radius 3 is 2.00 bits per heavy atom. The van der Waals surface area contributed by atoms with Crippen molar-refractivity contribution >= 4 is 11.8 Å². The molecule has 4 heteroatoms. The van der Waals surface area contributed by atoms with Gasteiger partial charge in [-0.25, -0.2) is 4.79 Å². The first kappa shape index (κ1) is 13.6. The SMILES string of the molecule is C=CCC(C(=O)O)(C(=O)C=C)[N+](C)(C)C. The van der Waals surface area contributed by atoms with E-state index in [1.54, 1.807) is 21.1 Å². The third-order valence-corrected chi connectivity index (χ3v) is 2.53. The van der Waals surface area contributed by atoms with Crippen molar-refractivity contribution in [2.45, 2.75) is 12.0 Å². The van der Waals surface area contributed by atoms with Crippen molar-refractivity contribution in [3.05, 3.63) is 25.3 Å². The van der Waals surface area contributed by atoms with Crippen molar-refractivity contribution in [3.8, 4) is 0 Å². The minimum Gasteiger partial charge on any atom is -0.476 e. The lowest BCUT2D eigenvalue weighted by atomic mass is 9.86. The highest BCUT2D eigenvalue weighted by Gasteiger charge is 2.55. The van der Waals surface area contributed by atoms with Gasteiger partial charge in [0.1, 0.15) is 0 Å². The second-order valence-corrected chi connectivity index (χ2v) is 4.24. The molecule has 0 aromatic heterocycles. The fourth-order valence-electron chi connectivity index (χ4n) is 1.56. The molecule has 15 heavy (non-hydrogen) atoms. The largest absolute Gasteiger partial charge is 0.476 e. The van der Waals surface area contributed by atoms with E-state index in [4.69, 9.17) is 0 Å². The van der Waals surface area contributed by atoms with Crippen LogP contribution < -0.4 is 0 Å². The number of quaternary nitrogens is 1.